The Morgan fingerprint density at radius 1 is 1.02 bits per heavy atom. The molecule has 2 aliphatic heterocycles. The summed E-state index contributed by atoms with van der Waals surface area (Å²) in [6, 6.07) is 13.4. The molecule has 1 aliphatic carbocycles. The zero-order valence-corrected chi connectivity index (χ0v) is 27.9. The normalized spacial score (nSPS) is 24.4. The van der Waals surface area contributed by atoms with Gasteiger partial charge in [-0.25, -0.2) is 4.98 Å². The summed E-state index contributed by atoms with van der Waals surface area (Å²) in [5.74, 6) is 0.551. The minimum atomic E-state index is -2.73. The molecule has 9 nitrogen and oxygen atoms in total. The van der Waals surface area contributed by atoms with E-state index < -0.39 is 20.1 Å². The number of piperazine rings is 1. The van der Waals surface area contributed by atoms with Crippen molar-refractivity contribution in [3.63, 3.8) is 0 Å². The molecule has 1 saturated heterocycles. The van der Waals surface area contributed by atoms with Crippen LogP contribution in [-0.4, -0.2) is 86.0 Å². The maximum atomic E-state index is 14.0. The van der Waals surface area contributed by atoms with Gasteiger partial charge in [-0.15, -0.1) is 0 Å². The van der Waals surface area contributed by atoms with Crippen LogP contribution in [0.3, 0.4) is 0 Å². The largest absolute Gasteiger partial charge is 0.493 e. The van der Waals surface area contributed by atoms with Crippen LogP contribution >= 0.6 is 11.6 Å². The molecule has 1 aromatic heterocycles. The van der Waals surface area contributed by atoms with E-state index in [2.05, 4.69) is 9.88 Å². The number of hydrogen-bond acceptors (Lipinski definition) is 7. The lowest BCUT2D eigenvalue weighted by molar-refractivity contribution is -0.135. The molecule has 2 amide bonds. The van der Waals surface area contributed by atoms with Crippen molar-refractivity contribution in [3.8, 4) is 11.5 Å². The number of ether oxygens (including phenoxy) is 2. The van der Waals surface area contributed by atoms with Crippen molar-refractivity contribution in [2.75, 3.05) is 57.0 Å². The number of carbonyl (C=O) groups excluding carboxylic acids is 2. The summed E-state index contributed by atoms with van der Waals surface area (Å²) in [5, 5.41) is 0.520. The van der Waals surface area contributed by atoms with Crippen LogP contribution in [0.15, 0.2) is 54.7 Å². The SMILES string of the molecule is [2H]C([2H])([2H])Oc1cc2c(cc1OC(C)C)C(c1ccc(Cl)cc1)N(c1ccc(N(C[C@H]3CC[C@H](N4CCN(C)C(=O)C4)CC3)C([2H])([2H])[2H])nc1)C(=O)C2. The summed E-state index contributed by atoms with van der Waals surface area (Å²) < 4.78 is 59.6. The van der Waals surface area contributed by atoms with Crippen LogP contribution in [0, 0.1) is 5.92 Å². The highest BCUT2D eigenvalue weighted by atomic mass is 35.5. The second-order valence-corrected chi connectivity index (χ2v) is 13.5. The first-order chi connectivity index (χ1) is 25.0. The van der Waals surface area contributed by atoms with Gasteiger partial charge in [-0.3, -0.25) is 19.4 Å². The fourth-order valence-electron chi connectivity index (χ4n) is 7.06. The fraction of sp³-hybridized carbons (Fsp3) is 0.486. The Morgan fingerprint density at radius 2 is 1.81 bits per heavy atom. The van der Waals surface area contributed by atoms with E-state index in [0.717, 1.165) is 44.3 Å². The number of amides is 2. The van der Waals surface area contributed by atoms with Crippen molar-refractivity contribution in [1.29, 1.82) is 0 Å². The summed E-state index contributed by atoms with van der Waals surface area (Å²) in [6.07, 6.45) is 4.69. The second kappa shape index (κ2) is 14.1. The maximum Gasteiger partial charge on any atom is 0.236 e. The number of likely N-dealkylation sites (N-methyl/N-ethyl adjacent to an activating group) is 1. The summed E-state index contributed by atoms with van der Waals surface area (Å²) >= 11 is 6.26. The smallest absolute Gasteiger partial charge is 0.236 e. The number of halogens is 1. The molecule has 1 unspecified atom stereocenters. The van der Waals surface area contributed by atoms with Gasteiger partial charge in [-0.1, -0.05) is 23.7 Å². The third-order valence-electron chi connectivity index (χ3n) is 9.57. The van der Waals surface area contributed by atoms with Crippen LogP contribution < -0.4 is 19.3 Å². The van der Waals surface area contributed by atoms with Gasteiger partial charge in [0, 0.05) is 48.8 Å². The van der Waals surface area contributed by atoms with Crippen molar-refractivity contribution in [3.05, 3.63) is 76.4 Å². The Morgan fingerprint density at radius 3 is 2.47 bits per heavy atom. The number of benzene rings is 2. The molecule has 2 aromatic carbocycles. The summed E-state index contributed by atoms with van der Waals surface area (Å²) in [5.41, 5.74) is 2.51. The zero-order chi connectivity index (χ0) is 38.2. The van der Waals surface area contributed by atoms with Crippen LogP contribution in [0.1, 0.15) is 70.5 Å². The second-order valence-electron chi connectivity index (χ2n) is 13.1. The molecule has 3 heterocycles. The first-order valence-electron chi connectivity index (χ1n) is 19.3. The average Bonchev–Trinajstić information content (AvgIpc) is 3.08. The monoisotopic (exact) mass is 665 g/mol. The third kappa shape index (κ3) is 7.21. The number of carbonyl (C=O) groups is 2. The number of fused-ring (bicyclic) bond motifs is 1. The van der Waals surface area contributed by atoms with E-state index in [-0.39, 0.29) is 47.6 Å². The van der Waals surface area contributed by atoms with Crippen LogP contribution in [-0.2, 0) is 16.0 Å². The van der Waals surface area contributed by atoms with Gasteiger partial charge in [-0.2, -0.15) is 0 Å². The summed E-state index contributed by atoms with van der Waals surface area (Å²) in [7, 11) is -0.899. The fourth-order valence-corrected chi connectivity index (χ4v) is 7.19. The number of methoxy groups -OCH3 is 1. The number of aromatic nitrogens is 1. The van der Waals surface area contributed by atoms with Crippen LogP contribution in [0.5, 0.6) is 11.5 Å². The number of anilines is 2. The maximum absolute atomic E-state index is 14.0. The van der Waals surface area contributed by atoms with Crippen LogP contribution in [0.4, 0.5) is 11.5 Å². The Labute approximate surface area is 291 Å². The molecule has 0 radical (unpaired) electrons. The molecule has 250 valence electrons. The summed E-state index contributed by atoms with van der Waals surface area (Å²) in [6.45, 7) is 3.52. The third-order valence-corrected chi connectivity index (χ3v) is 9.83. The molecular formula is C37H46ClN5O4. The number of hydrogen-bond donors (Lipinski definition) is 0. The lowest BCUT2D eigenvalue weighted by Crippen LogP contribution is -2.53. The average molecular weight is 666 g/mol. The number of nitrogens with zero attached hydrogens (tertiary/aromatic N) is 5. The van der Waals surface area contributed by atoms with E-state index >= 15 is 0 Å². The van der Waals surface area contributed by atoms with E-state index in [9.17, 15) is 9.59 Å². The van der Waals surface area contributed by atoms with Gasteiger partial charge >= 0.3 is 0 Å². The minimum absolute atomic E-state index is 0.0206. The van der Waals surface area contributed by atoms with Crippen molar-refractivity contribution >= 4 is 34.9 Å². The van der Waals surface area contributed by atoms with Crippen LogP contribution in [0.2, 0.25) is 5.02 Å². The van der Waals surface area contributed by atoms with Crippen molar-refractivity contribution in [2.24, 2.45) is 5.92 Å². The molecule has 47 heavy (non-hydrogen) atoms. The first-order valence-corrected chi connectivity index (χ1v) is 16.7. The van der Waals surface area contributed by atoms with Gasteiger partial charge in [0.25, 0.3) is 0 Å². The minimum Gasteiger partial charge on any atom is -0.493 e. The molecule has 3 aliphatic rings. The molecule has 10 heteroatoms. The molecule has 6 rings (SSSR count). The predicted octanol–water partition coefficient (Wildman–Crippen LogP) is 5.98. The zero-order valence-electron chi connectivity index (χ0n) is 33.1. The molecule has 1 atom stereocenters. The first kappa shape index (κ1) is 26.2. The topological polar surface area (TPSA) is 78.5 Å². The Balaban J connectivity index is 1.27. The van der Waals surface area contributed by atoms with E-state index in [1.165, 1.54) is 11.1 Å². The molecule has 1 saturated carbocycles. The van der Waals surface area contributed by atoms with Gasteiger partial charge in [-0.05, 0) is 98.5 Å². The molecule has 2 fully saturated rings. The van der Waals surface area contributed by atoms with Gasteiger partial charge in [0.15, 0.2) is 11.5 Å². The van der Waals surface area contributed by atoms with E-state index in [4.69, 9.17) is 29.3 Å². The molecule has 0 N–H and O–H groups in total. The van der Waals surface area contributed by atoms with Gasteiger partial charge in [0.1, 0.15) is 5.82 Å². The summed E-state index contributed by atoms with van der Waals surface area (Å²) in [4.78, 5) is 38.0. The van der Waals surface area contributed by atoms with E-state index in [1.807, 2.05) is 33.0 Å². The lowest BCUT2D eigenvalue weighted by Gasteiger charge is -2.41. The number of pyridine rings is 1. The van der Waals surface area contributed by atoms with Crippen molar-refractivity contribution < 1.29 is 27.3 Å². The Hall–Kier alpha value is -3.82. The molecule has 3 aromatic rings. The highest BCUT2D eigenvalue weighted by Gasteiger charge is 2.37. The van der Waals surface area contributed by atoms with Crippen LogP contribution in [0.25, 0.3) is 0 Å². The Kier molecular flexibility index (Phi) is 7.86. The highest BCUT2D eigenvalue weighted by molar-refractivity contribution is 6.30. The lowest BCUT2D eigenvalue weighted by atomic mass is 9.84. The van der Waals surface area contributed by atoms with Crippen molar-refractivity contribution in [2.45, 2.75) is 64.1 Å². The van der Waals surface area contributed by atoms with E-state index in [0.29, 0.717) is 41.0 Å². The molecular weight excluding hydrogens is 614 g/mol. The standard InChI is InChI=1S/C37H46ClN5O4/c1-24(2)47-33-20-31-27(18-32(33)46-5)19-35(44)43(37(31)26-8-10-28(38)11-9-26)30-14-15-34(39-21-30)41(4)22-25-6-12-29(13-7-25)42-17-16-40(3)36(45)23-42/h8-11,14-15,18,20-21,24-25,29,37H,6-7,12-13,16-17,19,22-23H2,1-5H3/t25-,29-,37?/i4D3,5D3. The van der Waals surface area contributed by atoms with Gasteiger partial charge in [0.2, 0.25) is 11.8 Å². The van der Waals surface area contributed by atoms with E-state index in [1.54, 1.807) is 46.2 Å². The highest BCUT2D eigenvalue weighted by Crippen LogP contribution is 2.44. The van der Waals surface area contributed by atoms with Crippen molar-refractivity contribution in [1.82, 2.24) is 14.8 Å². The molecule has 0 bridgehead atoms. The van der Waals surface area contributed by atoms with Gasteiger partial charge in [0.05, 0.1) is 48.1 Å². The quantitative estimate of drug-likeness (QED) is 0.278. The molecule has 0 spiro atoms. The van der Waals surface area contributed by atoms with Gasteiger partial charge < -0.3 is 19.3 Å². The number of rotatable bonds is 9. The predicted molar refractivity (Wildman–Crippen MR) is 186 cm³/mol. The Bertz CT molecular complexity index is 1780.